The first-order valence-electron chi connectivity index (χ1n) is 12.8. The molecule has 0 amide bonds. The number of para-hydroxylation sites is 1. The Hall–Kier alpha value is -3.72. The van der Waals surface area contributed by atoms with Crippen molar-refractivity contribution in [1.29, 1.82) is 0 Å². The van der Waals surface area contributed by atoms with Crippen molar-refractivity contribution in [3.63, 3.8) is 0 Å². The van der Waals surface area contributed by atoms with E-state index in [0.29, 0.717) is 37.9 Å². The molecule has 37 heavy (non-hydrogen) atoms. The Kier molecular flexibility index (Phi) is 7.79. The van der Waals surface area contributed by atoms with Crippen LogP contribution in [0.15, 0.2) is 48.7 Å². The van der Waals surface area contributed by atoms with Crippen molar-refractivity contribution >= 4 is 11.9 Å². The van der Waals surface area contributed by atoms with Gasteiger partial charge in [0.1, 0.15) is 24.5 Å². The van der Waals surface area contributed by atoms with E-state index in [1.807, 2.05) is 11.0 Å². The van der Waals surface area contributed by atoms with E-state index in [2.05, 4.69) is 27.0 Å². The van der Waals surface area contributed by atoms with Gasteiger partial charge in [-0.2, -0.15) is 0 Å². The molecule has 194 valence electrons. The number of carbonyl (C=O) groups is 1. The van der Waals surface area contributed by atoms with E-state index in [1.54, 1.807) is 18.2 Å². The number of nitrogens with zero attached hydrogens (tertiary/aromatic N) is 4. The number of aryl methyl sites for hydroxylation is 2. The van der Waals surface area contributed by atoms with Gasteiger partial charge in [-0.1, -0.05) is 18.2 Å². The van der Waals surface area contributed by atoms with Crippen LogP contribution in [0.25, 0.3) is 0 Å². The summed E-state index contributed by atoms with van der Waals surface area (Å²) in [7, 11) is 0. The van der Waals surface area contributed by atoms with E-state index in [4.69, 9.17) is 9.47 Å². The molecule has 8 nitrogen and oxygen atoms in total. The highest BCUT2D eigenvalue weighted by Gasteiger charge is 2.22. The number of hydrogen-bond acceptors (Lipinski definition) is 7. The zero-order chi connectivity index (χ0) is 25.6. The van der Waals surface area contributed by atoms with Gasteiger partial charge in [0.05, 0.1) is 5.69 Å². The topological polar surface area (TPSA) is 88.0 Å². The average Bonchev–Trinajstić information content (AvgIpc) is 2.93. The fourth-order valence-corrected chi connectivity index (χ4v) is 4.82. The molecule has 1 N–H and O–H groups in total. The van der Waals surface area contributed by atoms with Gasteiger partial charge in [0.25, 0.3) is 0 Å². The minimum Gasteiger partial charge on any atom is -0.489 e. The second kappa shape index (κ2) is 11.6. The molecule has 1 aliphatic carbocycles. The number of ether oxygens (including phenoxy) is 2. The lowest BCUT2D eigenvalue weighted by Gasteiger charge is -2.34. The van der Waals surface area contributed by atoms with E-state index in [1.165, 1.54) is 36.2 Å². The minimum absolute atomic E-state index is 0.0469. The van der Waals surface area contributed by atoms with E-state index in [0.717, 1.165) is 31.7 Å². The standard InChI is InChI=1S/C28H31FN4O4/c29-24-7-3-4-8-26(24)36-16-15-32-11-13-33(14-12-32)28-30-18-23(27(34)35)25(31-28)19-37-22-10-9-20-5-1-2-6-21(20)17-22/h3-4,7-10,17-18H,1-2,5-6,11-16,19H2,(H,34,35). The van der Waals surface area contributed by atoms with Crippen LogP contribution in [0.1, 0.15) is 40.0 Å². The van der Waals surface area contributed by atoms with Gasteiger partial charge in [-0.15, -0.1) is 0 Å². The number of halogens is 1. The van der Waals surface area contributed by atoms with Crippen molar-refractivity contribution in [3.05, 3.63) is 76.9 Å². The highest BCUT2D eigenvalue weighted by Crippen LogP contribution is 2.26. The first-order valence-corrected chi connectivity index (χ1v) is 12.8. The first-order chi connectivity index (χ1) is 18.1. The maximum absolute atomic E-state index is 13.7. The highest BCUT2D eigenvalue weighted by molar-refractivity contribution is 5.88. The third kappa shape index (κ3) is 6.17. The van der Waals surface area contributed by atoms with Crippen LogP contribution in [0.3, 0.4) is 0 Å². The Morgan fingerprint density at radius 2 is 1.78 bits per heavy atom. The van der Waals surface area contributed by atoms with Gasteiger partial charge >= 0.3 is 5.97 Å². The third-order valence-electron chi connectivity index (χ3n) is 6.94. The van der Waals surface area contributed by atoms with Crippen molar-refractivity contribution in [3.8, 4) is 11.5 Å². The van der Waals surface area contributed by atoms with E-state index >= 15 is 0 Å². The molecule has 1 aliphatic heterocycles. The van der Waals surface area contributed by atoms with E-state index < -0.39 is 5.97 Å². The Morgan fingerprint density at radius 1 is 1.00 bits per heavy atom. The maximum atomic E-state index is 13.7. The molecule has 0 radical (unpaired) electrons. The molecule has 0 saturated carbocycles. The van der Waals surface area contributed by atoms with Crippen LogP contribution >= 0.6 is 0 Å². The fourth-order valence-electron chi connectivity index (χ4n) is 4.82. The summed E-state index contributed by atoms with van der Waals surface area (Å²) < 4.78 is 25.3. The number of aromatic carboxylic acids is 1. The predicted molar refractivity (Wildman–Crippen MR) is 137 cm³/mol. The number of fused-ring (bicyclic) bond motifs is 1. The minimum atomic E-state index is -1.07. The van der Waals surface area contributed by atoms with Crippen LogP contribution < -0.4 is 14.4 Å². The van der Waals surface area contributed by atoms with Gasteiger partial charge < -0.3 is 19.5 Å². The summed E-state index contributed by atoms with van der Waals surface area (Å²) in [5.74, 6) is 0.0498. The molecular weight excluding hydrogens is 475 g/mol. The fraction of sp³-hybridized carbons (Fsp3) is 0.393. The summed E-state index contributed by atoms with van der Waals surface area (Å²) in [6.45, 7) is 4.06. The number of carboxylic acid groups (broad SMARTS) is 1. The largest absolute Gasteiger partial charge is 0.489 e. The quantitative estimate of drug-likeness (QED) is 0.467. The summed E-state index contributed by atoms with van der Waals surface area (Å²) >= 11 is 0. The molecule has 2 aromatic carbocycles. The van der Waals surface area contributed by atoms with Gasteiger partial charge in [-0.25, -0.2) is 19.2 Å². The zero-order valence-corrected chi connectivity index (χ0v) is 20.7. The van der Waals surface area contributed by atoms with Crippen LogP contribution in [-0.2, 0) is 19.4 Å². The maximum Gasteiger partial charge on any atom is 0.339 e. The number of rotatable bonds is 9. The van der Waals surface area contributed by atoms with Gasteiger partial charge in [0.2, 0.25) is 5.95 Å². The number of hydrogen-bond donors (Lipinski definition) is 1. The normalized spacial score (nSPS) is 15.8. The molecule has 5 rings (SSSR count). The molecule has 0 unspecified atom stereocenters. The molecule has 1 fully saturated rings. The Balaban J connectivity index is 1.18. The van der Waals surface area contributed by atoms with E-state index in [-0.39, 0.29) is 23.7 Å². The summed E-state index contributed by atoms with van der Waals surface area (Å²) in [4.78, 5) is 25.0. The zero-order valence-electron chi connectivity index (χ0n) is 20.7. The summed E-state index contributed by atoms with van der Waals surface area (Å²) in [5, 5.41) is 9.65. The lowest BCUT2D eigenvalue weighted by molar-refractivity contribution is 0.0692. The average molecular weight is 507 g/mol. The van der Waals surface area contributed by atoms with Gasteiger partial charge in [0, 0.05) is 38.9 Å². The Morgan fingerprint density at radius 3 is 2.57 bits per heavy atom. The van der Waals surface area contributed by atoms with Crippen molar-refractivity contribution in [2.24, 2.45) is 0 Å². The van der Waals surface area contributed by atoms with Crippen LogP contribution in [-0.4, -0.2) is 65.3 Å². The SMILES string of the molecule is O=C(O)c1cnc(N2CCN(CCOc3ccccc3F)CC2)nc1COc1ccc2c(c1)CCCC2. The molecular formula is C28H31FN4O4. The second-order valence-electron chi connectivity index (χ2n) is 9.37. The van der Waals surface area contributed by atoms with Crippen molar-refractivity contribution < 1.29 is 23.8 Å². The monoisotopic (exact) mass is 506 g/mol. The number of anilines is 1. The Labute approximate surface area is 215 Å². The van der Waals surface area contributed by atoms with Gasteiger partial charge in [-0.3, -0.25) is 4.90 Å². The lowest BCUT2D eigenvalue weighted by atomic mass is 9.92. The van der Waals surface area contributed by atoms with Crippen molar-refractivity contribution in [1.82, 2.24) is 14.9 Å². The number of aromatic nitrogens is 2. The van der Waals surface area contributed by atoms with Crippen molar-refractivity contribution in [2.75, 3.05) is 44.2 Å². The number of carboxylic acids is 1. The molecule has 9 heteroatoms. The van der Waals surface area contributed by atoms with Gasteiger partial charge in [-0.05, 0) is 61.1 Å². The van der Waals surface area contributed by atoms with Crippen LogP contribution in [0, 0.1) is 5.82 Å². The van der Waals surface area contributed by atoms with Crippen LogP contribution in [0.2, 0.25) is 0 Å². The molecule has 1 saturated heterocycles. The predicted octanol–water partition coefficient (Wildman–Crippen LogP) is 3.97. The van der Waals surface area contributed by atoms with Crippen LogP contribution in [0.4, 0.5) is 10.3 Å². The molecule has 1 aromatic heterocycles. The number of piperazine rings is 1. The summed E-state index contributed by atoms with van der Waals surface area (Å²) in [5.41, 5.74) is 3.08. The molecule has 0 spiro atoms. The lowest BCUT2D eigenvalue weighted by Crippen LogP contribution is -2.48. The first kappa shape index (κ1) is 25.0. The molecule has 0 atom stereocenters. The second-order valence-corrected chi connectivity index (χ2v) is 9.37. The highest BCUT2D eigenvalue weighted by atomic mass is 19.1. The van der Waals surface area contributed by atoms with E-state index in [9.17, 15) is 14.3 Å². The Bertz CT molecular complexity index is 1250. The summed E-state index contributed by atoms with van der Waals surface area (Å²) in [6.07, 6.45) is 5.91. The molecule has 2 aliphatic rings. The molecule has 3 aromatic rings. The van der Waals surface area contributed by atoms with Gasteiger partial charge in [0.15, 0.2) is 11.6 Å². The smallest absolute Gasteiger partial charge is 0.339 e. The van der Waals surface area contributed by atoms with Crippen molar-refractivity contribution in [2.45, 2.75) is 32.3 Å². The number of benzene rings is 2. The molecule has 0 bridgehead atoms. The summed E-state index contributed by atoms with van der Waals surface area (Å²) in [6, 6.07) is 12.5. The van der Waals surface area contributed by atoms with Crippen LogP contribution in [0.5, 0.6) is 11.5 Å². The molecule has 2 heterocycles. The third-order valence-corrected chi connectivity index (χ3v) is 6.94.